The van der Waals surface area contributed by atoms with Gasteiger partial charge in [-0.3, -0.25) is 4.79 Å². The lowest BCUT2D eigenvalue weighted by molar-refractivity contribution is -0.137. The third kappa shape index (κ3) is 5.35. The van der Waals surface area contributed by atoms with E-state index in [0.717, 1.165) is 37.9 Å². The molecule has 35 heavy (non-hydrogen) atoms. The van der Waals surface area contributed by atoms with Crippen molar-refractivity contribution in [1.29, 1.82) is 5.26 Å². The minimum atomic E-state index is -4.55. The normalized spacial score (nSPS) is 19.2. The van der Waals surface area contributed by atoms with E-state index in [-0.39, 0.29) is 52.8 Å². The van der Waals surface area contributed by atoms with Crippen molar-refractivity contribution in [2.75, 3.05) is 11.9 Å². The van der Waals surface area contributed by atoms with Gasteiger partial charge in [0.1, 0.15) is 11.7 Å². The number of carbonyl (C=O) groups excluding carboxylic acids is 1. The zero-order chi connectivity index (χ0) is 25.2. The molecule has 3 heterocycles. The molecule has 12 heteroatoms. The third-order valence-electron chi connectivity index (χ3n) is 6.41. The number of nitriles is 1. The molecule has 1 aliphatic rings. The second kappa shape index (κ2) is 9.87. The second-order valence-electron chi connectivity index (χ2n) is 8.70. The molecular formula is C23H25F3N8O. The molecule has 1 atom stereocenters. The zero-order valence-electron chi connectivity index (χ0n) is 19.0. The SMILES string of the molecule is C[C@@H](Nc1ncc(C#N)c(-c2c[nH]c3ncc(C(F)(F)F)cc23)n1)[C@H]1CC[C@H](NC(=O)CN)CC1. The van der Waals surface area contributed by atoms with E-state index in [2.05, 4.69) is 30.6 Å². The van der Waals surface area contributed by atoms with Gasteiger partial charge in [0.25, 0.3) is 0 Å². The van der Waals surface area contributed by atoms with Gasteiger partial charge in [0.2, 0.25) is 11.9 Å². The number of alkyl halides is 3. The van der Waals surface area contributed by atoms with E-state index in [9.17, 15) is 23.2 Å². The molecule has 0 spiro atoms. The highest BCUT2D eigenvalue weighted by atomic mass is 19.4. The number of halogens is 3. The van der Waals surface area contributed by atoms with Crippen molar-refractivity contribution in [3.8, 4) is 17.3 Å². The molecule has 0 aliphatic heterocycles. The Labute approximate surface area is 199 Å². The Morgan fingerprint density at radius 3 is 2.69 bits per heavy atom. The maximum absolute atomic E-state index is 13.2. The van der Waals surface area contributed by atoms with Gasteiger partial charge in [0.15, 0.2) is 0 Å². The molecule has 9 nitrogen and oxygen atoms in total. The molecule has 184 valence electrons. The molecule has 3 aromatic heterocycles. The molecular weight excluding hydrogens is 461 g/mol. The van der Waals surface area contributed by atoms with Crippen LogP contribution >= 0.6 is 0 Å². The summed E-state index contributed by atoms with van der Waals surface area (Å²) in [6.45, 7) is 1.98. The first-order valence-corrected chi connectivity index (χ1v) is 11.3. The van der Waals surface area contributed by atoms with E-state index in [0.29, 0.717) is 11.5 Å². The van der Waals surface area contributed by atoms with Crippen LogP contribution in [0.1, 0.15) is 43.7 Å². The summed E-state index contributed by atoms with van der Waals surface area (Å²) in [5.74, 6) is 0.433. The smallest absolute Gasteiger partial charge is 0.352 e. The number of fused-ring (bicyclic) bond motifs is 1. The fourth-order valence-corrected chi connectivity index (χ4v) is 4.46. The quantitative estimate of drug-likeness (QED) is 0.418. The number of hydrogen-bond acceptors (Lipinski definition) is 7. The molecule has 0 radical (unpaired) electrons. The van der Waals surface area contributed by atoms with E-state index in [4.69, 9.17) is 5.73 Å². The molecule has 0 bridgehead atoms. The van der Waals surface area contributed by atoms with Crippen molar-refractivity contribution < 1.29 is 18.0 Å². The molecule has 0 aromatic carbocycles. The average Bonchev–Trinajstić information content (AvgIpc) is 3.27. The standard InChI is InChI=1S/C23H25F3N8O/c1-12(13-2-4-16(5-3-13)33-19(35)8-28)32-22-31-9-14(7-27)20(34-22)18-11-30-21-17(18)6-15(10-29-21)23(24,25)26/h6,9-13,16H,2-5,8,28H2,1H3,(H,29,30)(H,33,35)(H,31,32,34)/t12-,13-,16-/m1/s1. The monoisotopic (exact) mass is 486 g/mol. The molecule has 0 unspecified atom stereocenters. The van der Waals surface area contributed by atoms with Gasteiger partial charge in [-0.1, -0.05) is 0 Å². The van der Waals surface area contributed by atoms with Gasteiger partial charge in [-0.15, -0.1) is 0 Å². The van der Waals surface area contributed by atoms with Gasteiger partial charge in [0, 0.05) is 35.4 Å². The number of nitrogens with zero attached hydrogens (tertiary/aromatic N) is 4. The Morgan fingerprint density at radius 2 is 2.03 bits per heavy atom. The molecule has 5 N–H and O–H groups in total. The highest BCUT2D eigenvalue weighted by Crippen LogP contribution is 2.35. The third-order valence-corrected chi connectivity index (χ3v) is 6.41. The number of carbonyl (C=O) groups is 1. The number of aromatic nitrogens is 4. The summed E-state index contributed by atoms with van der Waals surface area (Å²) in [5.41, 5.74) is 5.43. The highest BCUT2D eigenvalue weighted by Gasteiger charge is 2.32. The van der Waals surface area contributed by atoms with E-state index >= 15 is 0 Å². The predicted molar refractivity (Wildman–Crippen MR) is 123 cm³/mol. The van der Waals surface area contributed by atoms with Gasteiger partial charge in [-0.25, -0.2) is 15.0 Å². The lowest BCUT2D eigenvalue weighted by Crippen LogP contribution is -2.42. The summed E-state index contributed by atoms with van der Waals surface area (Å²) in [4.78, 5) is 26.9. The maximum Gasteiger partial charge on any atom is 0.417 e. The lowest BCUT2D eigenvalue weighted by atomic mass is 9.82. The van der Waals surface area contributed by atoms with Gasteiger partial charge in [-0.05, 0) is 44.6 Å². The molecule has 1 fully saturated rings. The van der Waals surface area contributed by atoms with Crippen molar-refractivity contribution in [3.05, 3.63) is 35.8 Å². The largest absolute Gasteiger partial charge is 0.417 e. The number of pyridine rings is 1. The van der Waals surface area contributed by atoms with Crippen LogP contribution < -0.4 is 16.4 Å². The maximum atomic E-state index is 13.2. The van der Waals surface area contributed by atoms with E-state index < -0.39 is 11.7 Å². The van der Waals surface area contributed by atoms with Gasteiger partial charge in [-0.2, -0.15) is 18.4 Å². The molecule has 3 aromatic rings. The van der Waals surface area contributed by atoms with Crippen LogP contribution in [0.4, 0.5) is 19.1 Å². The number of nitrogens with one attached hydrogen (secondary N) is 3. The molecule has 1 aliphatic carbocycles. The summed E-state index contributed by atoms with van der Waals surface area (Å²) < 4.78 is 39.7. The molecule has 1 amide bonds. The second-order valence-corrected chi connectivity index (χ2v) is 8.70. The van der Waals surface area contributed by atoms with Gasteiger partial charge < -0.3 is 21.4 Å². The lowest BCUT2D eigenvalue weighted by Gasteiger charge is -2.33. The van der Waals surface area contributed by atoms with Gasteiger partial charge in [0.05, 0.1) is 29.6 Å². The average molecular weight is 487 g/mol. The summed E-state index contributed by atoms with van der Waals surface area (Å²) in [5, 5.41) is 16.0. The van der Waals surface area contributed by atoms with Crippen molar-refractivity contribution in [2.45, 2.75) is 50.9 Å². The molecule has 4 rings (SSSR count). The zero-order valence-corrected chi connectivity index (χ0v) is 19.0. The van der Waals surface area contributed by atoms with Crippen LogP contribution in [0.15, 0.2) is 24.7 Å². The van der Waals surface area contributed by atoms with Crippen LogP contribution in [0, 0.1) is 17.2 Å². The fraction of sp³-hybridized carbons (Fsp3) is 0.435. The van der Waals surface area contributed by atoms with Crippen molar-refractivity contribution in [3.63, 3.8) is 0 Å². The fourth-order valence-electron chi connectivity index (χ4n) is 4.46. The van der Waals surface area contributed by atoms with E-state index in [1.807, 2.05) is 13.0 Å². The number of aromatic amines is 1. The van der Waals surface area contributed by atoms with Crippen LogP contribution in [0.25, 0.3) is 22.3 Å². The van der Waals surface area contributed by atoms with Crippen LogP contribution in [-0.2, 0) is 11.0 Å². The van der Waals surface area contributed by atoms with Gasteiger partial charge >= 0.3 is 6.18 Å². The summed E-state index contributed by atoms with van der Waals surface area (Å²) in [6.07, 6.45) is 2.52. The Morgan fingerprint density at radius 1 is 1.29 bits per heavy atom. The number of H-pyrrole nitrogens is 1. The molecule has 1 saturated carbocycles. The number of amides is 1. The minimum absolute atomic E-state index is 0.00316. The first-order valence-electron chi connectivity index (χ1n) is 11.3. The summed E-state index contributed by atoms with van der Waals surface area (Å²) >= 11 is 0. The Bertz CT molecular complexity index is 1260. The number of anilines is 1. The van der Waals surface area contributed by atoms with Crippen LogP contribution in [-0.4, -0.2) is 44.5 Å². The van der Waals surface area contributed by atoms with Crippen molar-refractivity contribution in [1.82, 2.24) is 25.3 Å². The topological polar surface area (TPSA) is 145 Å². The Balaban J connectivity index is 1.54. The summed E-state index contributed by atoms with van der Waals surface area (Å²) in [6, 6.07) is 3.12. The predicted octanol–water partition coefficient (Wildman–Crippen LogP) is 3.34. The van der Waals surface area contributed by atoms with Crippen molar-refractivity contribution in [2.24, 2.45) is 11.7 Å². The first kappa shape index (κ1) is 24.4. The van der Waals surface area contributed by atoms with E-state index in [1.165, 1.54) is 12.4 Å². The first-order chi connectivity index (χ1) is 16.7. The minimum Gasteiger partial charge on any atom is -0.352 e. The number of nitrogens with two attached hydrogens (primary N) is 1. The van der Waals surface area contributed by atoms with Crippen LogP contribution in [0.3, 0.4) is 0 Å². The Kier molecular flexibility index (Phi) is 6.88. The summed E-state index contributed by atoms with van der Waals surface area (Å²) in [7, 11) is 0. The Hall–Kier alpha value is -3.72. The van der Waals surface area contributed by atoms with E-state index in [1.54, 1.807) is 0 Å². The van der Waals surface area contributed by atoms with Crippen LogP contribution in [0.5, 0.6) is 0 Å². The van der Waals surface area contributed by atoms with Crippen molar-refractivity contribution >= 4 is 22.9 Å². The number of rotatable bonds is 6. The highest BCUT2D eigenvalue weighted by molar-refractivity contribution is 5.94. The number of hydrogen-bond donors (Lipinski definition) is 4. The molecule has 0 saturated heterocycles. The van der Waals surface area contributed by atoms with Crippen LogP contribution in [0.2, 0.25) is 0 Å².